The molecule has 2 atom stereocenters. The molecule has 2 bridgehead atoms. The van der Waals surface area contributed by atoms with Gasteiger partial charge in [0.25, 0.3) is 5.91 Å². The molecule has 1 aromatic heterocycles. The molecule has 2 aliphatic heterocycles. The van der Waals surface area contributed by atoms with Crippen LogP contribution in [0.5, 0.6) is 5.75 Å². The van der Waals surface area contributed by atoms with Gasteiger partial charge in [-0.1, -0.05) is 36.4 Å². The Morgan fingerprint density at radius 1 is 1.15 bits per heavy atom. The van der Waals surface area contributed by atoms with Gasteiger partial charge in [-0.2, -0.15) is 8.78 Å². The third-order valence-corrected chi connectivity index (χ3v) is 6.62. The van der Waals surface area contributed by atoms with Gasteiger partial charge in [0, 0.05) is 28.6 Å². The average Bonchev–Trinajstić information content (AvgIpc) is 3.36. The van der Waals surface area contributed by atoms with Gasteiger partial charge in [0.2, 0.25) is 0 Å². The first-order valence-corrected chi connectivity index (χ1v) is 10.8. The molecule has 6 rings (SSSR count). The Bertz CT molecular complexity index is 1540. The standard InChI is InChI=1S/C26H21F2N3O3/c1-30-21-12-20(23-17(25(30)33)3-2-4-22(23)34-26(27)28)31-19-11-16(9-10-18(19)29-24(21)31)15-7-5-14(13-32)6-8-15/h2-11,20-21,26,32H,12-13H2,1H3/t20-,21-/m1/s1/i1D3. The number of rotatable bonds is 4. The van der Waals surface area contributed by atoms with Crippen LogP contribution in [0.15, 0.2) is 60.7 Å². The number of aliphatic hydroxyl groups excluding tert-OH is 1. The fourth-order valence-electron chi connectivity index (χ4n) is 5.09. The van der Waals surface area contributed by atoms with Gasteiger partial charge >= 0.3 is 6.61 Å². The quantitative estimate of drug-likeness (QED) is 0.466. The van der Waals surface area contributed by atoms with Crippen molar-refractivity contribution in [2.45, 2.75) is 31.7 Å². The van der Waals surface area contributed by atoms with Crippen molar-refractivity contribution in [1.82, 2.24) is 14.5 Å². The molecule has 1 N–H and O–H groups in total. The van der Waals surface area contributed by atoms with Crippen LogP contribution in [0.3, 0.4) is 0 Å². The average molecular weight is 464 g/mol. The van der Waals surface area contributed by atoms with Crippen molar-refractivity contribution < 1.29 is 27.5 Å². The number of halogens is 2. The van der Waals surface area contributed by atoms with E-state index in [0.717, 1.165) is 21.6 Å². The summed E-state index contributed by atoms with van der Waals surface area (Å²) in [6, 6.07) is 15.7. The molecule has 0 fully saturated rings. The molecule has 3 heterocycles. The summed E-state index contributed by atoms with van der Waals surface area (Å²) in [6.07, 6.45) is 0.161. The molecular weight excluding hydrogens is 440 g/mol. The van der Waals surface area contributed by atoms with Gasteiger partial charge in [0.05, 0.1) is 29.7 Å². The lowest BCUT2D eigenvalue weighted by Gasteiger charge is -2.24. The molecule has 4 aromatic rings. The van der Waals surface area contributed by atoms with Crippen molar-refractivity contribution in [2.75, 3.05) is 6.98 Å². The number of fused-ring (bicyclic) bond motifs is 9. The summed E-state index contributed by atoms with van der Waals surface area (Å²) in [5.74, 6) is -0.553. The summed E-state index contributed by atoms with van der Waals surface area (Å²) in [4.78, 5) is 19.0. The minimum atomic E-state index is -3.12. The summed E-state index contributed by atoms with van der Waals surface area (Å²) in [5, 5.41) is 9.35. The minimum Gasteiger partial charge on any atom is -0.434 e. The Morgan fingerprint density at radius 3 is 2.68 bits per heavy atom. The first-order valence-electron chi connectivity index (χ1n) is 12.3. The Balaban J connectivity index is 1.59. The van der Waals surface area contributed by atoms with Crippen LogP contribution in [-0.2, 0) is 6.61 Å². The van der Waals surface area contributed by atoms with Crippen LogP contribution in [0.2, 0.25) is 0 Å². The lowest BCUT2D eigenvalue weighted by molar-refractivity contribution is -0.0507. The first-order chi connectivity index (χ1) is 17.7. The van der Waals surface area contributed by atoms with Gasteiger partial charge in [0.15, 0.2) is 0 Å². The number of aliphatic hydroxyl groups is 1. The van der Waals surface area contributed by atoms with Crippen LogP contribution in [0.4, 0.5) is 8.78 Å². The number of nitrogens with zero attached hydrogens (tertiary/aromatic N) is 3. The predicted octanol–water partition coefficient (Wildman–Crippen LogP) is 4.92. The topological polar surface area (TPSA) is 67.6 Å². The predicted molar refractivity (Wildman–Crippen MR) is 122 cm³/mol. The SMILES string of the molecule is [2H]C([2H])([2H])N1C(=O)c2cccc(OC(F)F)c2[C@H]2C[C@@H]1c1nc3ccc(-c4ccc(CO)cc4)cc3n12. The van der Waals surface area contributed by atoms with Crippen molar-refractivity contribution in [3.8, 4) is 16.9 Å². The summed E-state index contributed by atoms with van der Waals surface area (Å²) in [7, 11) is 0. The minimum absolute atomic E-state index is 0.0185. The number of hydrogen-bond acceptors (Lipinski definition) is 4. The monoisotopic (exact) mass is 464 g/mol. The number of ether oxygens (including phenoxy) is 1. The number of aromatic nitrogens is 2. The largest absolute Gasteiger partial charge is 0.434 e. The Labute approximate surface area is 198 Å². The van der Waals surface area contributed by atoms with E-state index in [-0.39, 0.29) is 29.9 Å². The third-order valence-electron chi connectivity index (χ3n) is 6.62. The number of carbonyl (C=O) groups is 1. The highest BCUT2D eigenvalue weighted by atomic mass is 19.3. The molecule has 0 radical (unpaired) electrons. The zero-order valence-corrected chi connectivity index (χ0v) is 17.8. The second kappa shape index (κ2) is 7.63. The Hall–Kier alpha value is -3.78. The van der Waals surface area contributed by atoms with Gasteiger partial charge in [-0.3, -0.25) is 4.79 Å². The van der Waals surface area contributed by atoms with Gasteiger partial charge in [-0.05, 0) is 41.0 Å². The van der Waals surface area contributed by atoms with Crippen molar-refractivity contribution >= 4 is 16.9 Å². The van der Waals surface area contributed by atoms with Crippen LogP contribution >= 0.6 is 0 Å². The van der Waals surface area contributed by atoms with E-state index in [0.29, 0.717) is 16.9 Å². The summed E-state index contributed by atoms with van der Waals surface area (Å²) in [6.45, 7) is -5.96. The number of imidazole rings is 1. The molecule has 6 nitrogen and oxygen atoms in total. The van der Waals surface area contributed by atoms with Gasteiger partial charge < -0.3 is 19.3 Å². The lowest BCUT2D eigenvalue weighted by Crippen LogP contribution is -2.30. The van der Waals surface area contributed by atoms with Crippen LogP contribution in [-0.4, -0.2) is 39.1 Å². The Kier molecular flexibility index (Phi) is 3.96. The molecule has 34 heavy (non-hydrogen) atoms. The van der Waals surface area contributed by atoms with Gasteiger partial charge in [-0.25, -0.2) is 4.98 Å². The molecule has 0 unspecified atom stereocenters. The molecule has 8 heteroatoms. The zero-order chi connectivity index (χ0) is 26.1. The van der Waals surface area contributed by atoms with Crippen LogP contribution in [0.1, 0.15) is 49.9 Å². The van der Waals surface area contributed by atoms with E-state index >= 15 is 0 Å². The van der Waals surface area contributed by atoms with E-state index in [1.54, 1.807) is 0 Å². The second-order valence-corrected chi connectivity index (χ2v) is 8.44. The number of amides is 1. The zero-order valence-electron chi connectivity index (χ0n) is 20.8. The maximum atomic E-state index is 13.5. The number of hydrogen-bond donors (Lipinski definition) is 1. The molecule has 0 spiro atoms. The fraction of sp³-hybridized carbons (Fsp3) is 0.231. The summed E-state index contributed by atoms with van der Waals surface area (Å²) in [5.41, 5.74) is 4.05. The van der Waals surface area contributed by atoms with Gasteiger partial charge in [-0.15, -0.1) is 0 Å². The highest BCUT2D eigenvalue weighted by Gasteiger charge is 2.45. The van der Waals surface area contributed by atoms with E-state index in [2.05, 4.69) is 0 Å². The molecular formula is C26H21F2N3O3. The summed E-state index contributed by atoms with van der Waals surface area (Å²) >= 11 is 0. The van der Waals surface area contributed by atoms with Crippen molar-refractivity contribution in [1.29, 1.82) is 0 Å². The maximum Gasteiger partial charge on any atom is 0.387 e. The summed E-state index contributed by atoms with van der Waals surface area (Å²) < 4.78 is 57.6. The molecule has 2 aliphatic rings. The molecule has 3 aromatic carbocycles. The second-order valence-electron chi connectivity index (χ2n) is 8.44. The van der Waals surface area contributed by atoms with E-state index in [9.17, 15) is 18.7 Å². The van der Waals surface area contributed by atoms with Crippen molar-refractivity contribution in [3.05, 3.63) is 83.2 Å². The first kappa shape index (κ1) is 17.7. The van der Waals surface area contributed by atoms with Crippen LogP contribution < -0.4 is 4.74 Å². The maximum absolute atomic E-state index is 13.5. The van der Waals surface area contributed by atoms with Gasteiger partial charge in [0.1, 0.15) is 11.6 Å². The van der Waals surface area contributed by atoms with Crippen LogP contribution in [0, 0.1) is 0 Å². The molecule has 0 saturated heterocycles. The molecule has 1 amide bonds. The van der Waals surface area contributed by atoms with Crippen molar-refractivity contribution in [2.24, 2.45) is 0 Å². The fourth-order valence-corrected chi connectivity index (χ4v) is 5.09. The van der Waals surface area contributed by atoms with E-state index in [1.807, 2.05) is 47.0 Å². The highest BCUT2D eigenvalue weighted by molar-refractivity contribution is 5.98. The molecule has 172 valence electrons. The number of benzene rings is 3. The normalized spacial score (nSPS) is 20.5. The molecule has 0 aliphatic carbocycles. The van der Waals surface area contributed by atoms with Crippen molar-refractivity contribution in [3.63, 3.8) is 0 Å². The number of carbonyl (C=O) groups excluding carboxylic acids is 1. The van der Waals surface area contributed by atoms with E-state index in [4.69, 9.17) is 13.8 Å². The van der Waals surface area contributed by atoms with E-state index in [1.165, 1.54) is 18.2 Å². The highest BCUT2D eigenvalue weighted by Crippen LogP contribution is 2.50. The smallest absolute Gasteiger partial charge is 0.387 e. The Morgan fingerprint density at radius 2 is 1.94 bits per heavy atom. The van der Waals surface area contributed by atoms with E-state index < -0.39 is 31.6 Å². The molecule has 0 saturated carbocycles. The van der Waals surface area contributed by atoms with Crippen LogP contribution in [0.25, 0.3) is 22.2 Å². The number of alkyl halides is 2. The third kappa shape index (κ3) is 3.02. The lowest BCUT2D eigenvalue weighted by atomic mass is 9.97.